The molecule has 1 aliphatic rings. The van der Waals surface area contributed by atoms with E-state index in [2.05, 4.69) is 9.97 Å². The number of rotatable bonds is 3. The molecular weight excluding hydrogens is 329 g/mol. The summed E-state index contributed by atoms with van der Waals surface area (Å²) in [7, 11) is 0. The third kappa shape index (κ3) is 3.58. The normalized spacial score (nSPS) is 17.7. The minimum Gasteiger partial charge on any atom is -0.481 e. The van der Waals surface area contributed by atoms with E-state index in [-0.39, 0.29) is 25.1 Å². The Morgan fingerprint density at radius 1 is 1.32 bits per heavy atom. The van der Waals surface area contributed by atoms with Crippen LogP contribution in [0.1, 0.15) is 28.2 Å². The van der Waals surface area contributed by atoms with E-state index >= 15 is 0 Å². The number of carbonyl (C=O) groups is 2. The number of aliphatic carboxylic acids is 1. The summed E-state index contributed by atoms with van der Waals surface area (Å²) in [5, 5.41) is 8.89. The van der Waals surface area contributed by atoms with Crippen molar-refractivity contribution in [2.24, 2.45) is 0 Å². The van der Waals surface area contributed by atoms with Crippen LogP contribution in [0.3, 0.4) is 0 Å². The molecule has 2 aromatic rings. The minimum atomic E-state index is -0.993. The zero-order valence-electron chi connectivity index (χ0n) is 14.0. The van der Waals surface area contributed by atoms with Gasteiger partial charge in [0, 0.05) is 19.2 Å². The first-order valence-electron chi connectivity index (χ1n) is 7.92. The molecule has 0 spiro atoms. The Hall–Kier alpha value is -2.61. The van der Waals surface area contributed by atoms with E-state index in [1.807, 2.05) is 0 Å². The number of carboxylic acid groups (broad SMARTS) is 1. The highest BCUT2D eigenvalue weighted by molar-refractivity contribution is 6.04. The quantitative estimate of drug-likeness (QED) is 0.908. The van der Waals surface area contributed by atoms with Crippen molar-refractivity contribution >= 4 is 22.9 Å². The SMILES string of the molecule is Cc1nc2cc(F)cc(C(=O)N3CCO[C@H](CC(=O)O)C3)c2nc1C. The van der Waals surface area contributed by atoms with Crippen LogP contribution in [0.25, 0.3) is 11.0 Å². The molecule has 0 radical (unpaired) electrons. The number of carboxylic acids is 1. The molecule has 1 N–H and O–H groups in total. The van der Waals surface area contributed by atoms with E-state index in [1.165, 1.54) is 11.0 Å². The third-order valence-corrected chi connectivity index (χ3v) is 4.20. The summed E-state index contributed by atoms with van der Waals surface area (Å²) in [5.41, 5.74) is 2.13. The minimum absolute atomic E-state index is 0.126. The molecule has 2 heterocycles. The number of benzene rings is 1. The van der Waals surface area contributed by atoms with Gasteiger partial charge >= 0.3 is 5.97 Å². The van der Waals surface area contributed by atoms with Crippen molar-refractivity contribution in [2.75, 3.05) is 19.7 Å². The monoisotopic (exact) mass is 347 g/mol. The maximum Gasteiger partial charge on any atom is 0.306 e. The van der Waals surface area contributed by atoms with Crippen molar-refractivity contribution < 1.29 is 23.8 Å². The van der Waals surface area contributed by atoms with Gasteiger partial charge in [-0.15, -0.1) is 0 Å². The number of ether oxygens (including phenoxy) is 1. The van der Waals surface area contributed by atoms with Crippen LogP contribution in [0.4, 0.5) is 4.39 Å². The molecule has 1 aromatic heterocycles. The average Bonchev–Trinajstić information content (AvgIpc) is 2.55. The number of morpholine rings is 1. The summed E-state index contributed by atoms with van der Waals surface area (Å²) in [6.07, 6.45) is -0.767. The number of aryl methyl sites for hydroxylation is 2. The second-order valence-corrected chi connectivity index (χ2v) is 6.06. The summed E-state index contributed by atoms with van der Waals surface area (Å²) in [5.74, 6) is -1.96. The molecule has 132 valence electrons. The van der Waals surface area contributed by atoms with E-state index in [4.69, 9.17) is 9.84 Å². The fourth-order valence-corrected chi connectivity index (χ4v) is 2.85. The summed E-state index contributed by atoms with van der Waals surface area (Å²) >= 11 is 0. The first-order valence-corrected chi connectivity index (χ1v) is 7.92. The Balaban J connectivity index is 1.96. The van der Waals surface area contributed by atoms with Crippen molar-refractivity contribution in [2.45, 2.75) is 26.4 Å². The van der Waals surface area contributed by atoms with Gasteiger partial charge in [-0.05, 0) is 19.9 Å². The molecule has 1 saturated heterocycles. The number of nitrogens with zero attached hydrogens (tertiary/aromatic N) is 3. The van der Waals surface area contributed by atoms with Gasteiger partial charge in [-0.1, -0.05) is 0 Å². The highest BCUT2D eigenvalue weighted by Crippen LogP contribution is 2.22. The predicted molar refractivity (Wildman–Crippen MR) is 86.9 cm³/mol. The number of amides is 1. The summed E-state index contributed by atoms with van der Waals surface area (Å²) < 4.78 is 19.3. The third-order valence-electron chi connectivity index (χ3n) is 4.20. The van der Waals surface area contributed by atoms with Gasteiger partial charge in [0.05, 0.1) is 41.6 Å². The molecule has 0 unspecified atom stereocenters. The zero-order valence-corrected chi connectivity index (χ0v) is 14.0. The van der Waals surface area contributed by atoms with E-state index < -0.39 is 23.8 Å². The average molecular weight is 347 g/mol. The Morgan fingerprint density at radius 2 is 2.04 bits per heavy atom. The molecular formula is C17H18FN3O4. The van der Waals surface area contributed by atoms with Crippen molar-refractivity contribution in [3.63, 3.8) is 0 Å². The zero-order chi connectivity index (χ0) is 18.1. The van der Waals surface area contributed by atoms with Crippen LogP contribution in [0, 0.1) is 19.7 Å². The van der Waals surface area contributed by atoms with Crippen molar-refractivity contribution in [1.29, 1.82) is 0 Å². The van der Waals surface area contributed by atoms with E-state index in [0.717, 1.165) is 6.07 Å². The Kier molecular flexibility index (Phi) is 4.63. The van der Waals surface area contributed by atoms with Crippen LogP contribution in [0.2, 0.25) is 0 Å². The second kappa shape index (κ2) is 6.72. The first kappa shape index (κ1) is 17.2. The highest BCUT2D eigenvalue weighted by atomic mass is 19.1. The van der Waals surface area contributed by atoms with Crippen LogP contribution in [-0.2, 0) is 9.53 Å². The Labute approximate surface area is 143 Å². The molecule has 3 rings (SSSR count). The Bertz CT molecular complexity index is 855. The first-order chi connectivity index (χ1) is 11.8. The van der Waals surface area contributed by atoms with Gasteiger partial charge in [0.1, 0.15) is 11.3 Å². The van der Waals surface area contributed by atoms with Crippen molar-refractivity contribution in [1.82, 2.24) is 14.9 Å². The molecule has 0 bridgehead atoms. The van der Waals surface area contributed by atoms with Crippen LogP contribution < -0.4 is 0 Å². The Morgan fingerprint density at radius 3 is 2.76 bits per heavy atom. The van der Waals surface area contributed by atoms with Crippen LogP contribution in [0.15, 0.2) is 12.1 Å². The van der Waals surface area contributed by atoms with E-state index in [9.17, 15) is 14.0 Å². The van der Waals surface area contributed by atoms with Crippen molar-refractivity contribution in [3.8, 4) is 0 Å². The number of aromatic nitrogens is 2. The molecule has 1 atom stereocenters. The topological polar surface area (TPSA) is 92.6 Å². The highest BCUT2D eigenvalue weighted by Gasteiger charge is 2.28. The smallest absolute Gasteiger partial charge is 0.306 e. The molecule has 1 aromatic carbocycles. The maximum absolute atomic E-state index is 14.0. The summed E-state index contributed by atoms with van der Waals surface area (Å²) in [4.78, 5) is 33.9. The van der Waals surface area contributed by atoms with Gasteiger partial charge in [-0.2, -0.15) is 0 Å². The van der Waals surface area contributed by atoms with E-state index in [0.29, 0.717) is 29.0 Å². The van der Waals surface area contributed by atoms with Gasteiger partial charge in [0.2, 0.25) is 0 Å². The fraction of sp³-hybridized carbons (Fsp3) is 0.412. The maximum atomic E-state index is 14.0. The lowest BCUT2D eigenvalue weighted by molar-refractivity contribution is -0.141. The largest absolute Gasteiger partial charge is 0.481 e. The van der Waals surface area contributed by atoms with Gasteiger partial charge in [0.15, 0.2) is 0 Å². The number of halogens is 1. The van der Waals surface area contributed by atoms with Crippen LogP contribution in [-0.4, -0.2) is 57.7 Å². The number of hydrogen-bond acceptors (Lipinski definition) is 5. The van der Waals surface area contributed by atoms with Crippen LogP contribution in [0.5, 0.6) is 0 Å². The lowest BCUT2D eigenvalue weighted by atomic mass is 10.1. The standard InChI is InChI=1S/C17H18FN3O4/c1-9-10(2)20-16-13(5-11(18)6-14(16)19-9)17(24)21-3-4-25-12(8-21)7-15(22)23/h5-6,12H,3-4,7-8H2,1-2H3,(H,22,23)/t12-/m1/s1. The van der Waals surface area contributed by atoms with Crippen LogP contribution >= 0.6 is 0 Å². The van der Waals surface area contributed by atoms with Crippen molar-refractivity contribution in [3.05, 3.63) is 34.9 Å². The molecule has 1 amide bonds. The summed E-state index contributed by atoms with van der Waals surface area (Å²) in [6, 6.07) is 2.40. The van der Waals surface area contributed by atoms with Gasteiger partial charge in [-0.25, -0.2) is 14.4 Å². The molecule has 1 fully saturated rings. The number of hydrogen-bond donors (Lipinski definition) is 1. The lowest BCUT2D eigenvalue weighted by Gasteiger charge is -2.32. The number of fused-ring (bicyclic) bond motifs is 1. The fourth-order valence-electron chi connectivity index (χ4n) is 2.85. The molecule has 7 nitrogen and oxygen atoms in total. The molecule has 1 aliphatic heterocycles. The summed E-state index contributed by atoms with van der Waals surface area (Å²) in [6.45, 7) is 4.23. The van der Waals surface area contributed by atoms with Gasteiger partial charge < -0.3 is 14.7 Å². The molecule has 0 aliphatic carbocycles. The molecule has 0 saturated carbocycles. The molecule has 25 heavy (non-hydrogen) atoms. The van der Waals surface area contributed by atoms with Gasteiger partial charge in [-0.3, -0.25) is 9.59 Å². The second-order valence-electron chi connectivity index (χ2n) is 6.06. The van der Waals surface area contributed by atoms with E-state index in [1.54, 1.807) is 13.8 Å². The molecule has 8 heteroatoms. The predicted octanol–water partition coefficient (Wildman–Crippen LogP) is 1.70. The van der Waals surface area contributed by atoms with Gasteiger partial charge in [0.25, 0.3) is 5.91 Å². The lowest BCUT2D eigenvalue weighted by Crippen LogP contribution is -2.46. The number of carbonyl (C=O) groups excluding carboxylic acids is 1.